The lowest BCUT2D eigenvalue weighted by atomic mass is 10.00. The molecule has 0 bridgehead atoms. The average Bonchev–Trinajstić information content (AvgIpc) is 2.83. The monoisotopic (exact) mass is 262 g/mol. The average molecular weight is 262 g/mol. The summed E-state index contributed by atoms with van der Waals surface area (Å²) in [5.41, 5.74) is 6.91. The van der Waals surface area contributed by atoms with Gasteiger partial charge in [-0.3, -0.25) is 4.79 Å². The van der Waals surface area contributed by atoms with Crippen molar-refractivity contribution in [1.82, 2.24) is 5.32 Å². The van der Waals surface area contributed by atoms with E-state index >= 15 is 0 Å². The largest absolute Gasteiger partial charge is 0.379 e. The second-order valence-electron chi connectivity index (χ2n) is 5.48. The maximum Gasteiger partial charge on any atom is 0.237 e. The fourth-order valence-electron chi connectivity index (χ4n) is 2.25. The van der Waals surface area contributed by atoms with Crippen molar-refractivity contribution in [3.05, 3.63) is 35.9 Å². The number of rotatable bonds is 5. The van der Waals surface area contributed by atoms with E-state index in [-0.39, 0.29) is 11.4 Å². The van der Waals surface area contributed by atoms with Gasteiger partial charge in [-0.1, -0.05) is 30.3 Å². The van der Waals surface area contributed by atoms with Crippen molar-refractivity contribution >= 4 is 5.91 Å². The molecule has 2 rings (SSSR count). The number of ether oxygens (including phenoxy) is 1. The molecule has 19 heavy (non-hydrogen) atoms. The minimum atomic E-state index is -0.461. The highest BCUT2D eigenvalue weighted by Gasteiger charge is 2.32. The quantitative estimate of drug-likeness (QED) is 0.839. The molecule has 1 saturated heterocycles. The van der Waals surface area contributed by atoms with Gasteiger partial charge in [-0.2, -0.15) is 0 Å². The van der Waals surface area contributed by atoms with Crippen LogP contribution < -0.4 is 11.1 Å². The minimum absolute atomic E-state index is 0.0797. The normalized spacial score (nSPS) is 24.1. The first-order valence-corrected chi connectivity index (χ1v) is 6.78. The van der Waals surface area contributed by atoms with Crippen molar-refractivity contribution in [2.24, 2.45) is 5.73 Å². The van der Waals surface area contributed by atoms with Crippen LogP contribution in [0.3, 0.4) is 0 Å². The number of aryl methyl sites for hydroxylation is 1. The van der Waals surface area contributed by atoms with E-state index in [2.05, 4.69) is 17.4 Å². The first-order chi connectivity index (χ1) is 9.09. The van der Waals surface area contributed by atoms with E-state index in [4.69, 9.17) is 10.5 Å². The highest BCUT2D eigenvalue weighted by atomic mass is 16.5. The van der Waals surface area contributed by atoms with E-state index in [1.165, 1.54) is 5.56 Å². The molecule has 0 radical (unpaired) electrons. The number of carbonyl (C=O) groups excluding carboxylic acids is 1. The molecule has 2 unspecified atom stereocenters. The van der Waals surface area contributed by atoms with Crippen LogP contribution in [-0.4, -0.2) is 30.7 Å². The topological polar surface area (TPSA) is 64.4 Å². The second kappa shape index (κ2) is 6.17. The summed E-state index contributed by atoms with van der Waals surface area (Å²) in [6.07, 6.45) is 2.33. The third-order valence-electron chi connectivity index (χ3n) is 3.57. The van der Waals surface area contributed by atoms with Crippen molar-refractivity contribution in [3.8, 4) is 0 Å². The Kier molecular flexibility index (Phi) is 4.56. The van der Waals surface area contributed by atoms with Gasteiger partial charge in [0.25, 0.3) is 0 Å². The van der Waals surface area contributed by atoms with Gasteiger partial charge in [0.15, 0.2) is 0 Å². The molecule has 104 valence electrons. The standard InChI is InChI=1S/C15H22N2O2/c1-15(9-10-19-11-15)17-14(18)13(16)8-7-12-5-3-2-4-6-12/h2-6,13H,7-11,16H2,1H3,(H,17,18). The van der Waals surface area contributed by atoms with Gasteiger partial charge in [-0.05, 0) is 31.7 Å². The van der Waals surface area contributed by atoms with Crippen molar-refractivity contribution < 1.29 is 9.53 Å². The van der Waals surface area contributed by atoms with Crippen molar-refractivity contribution in [2.45, 2.75) is 37.8 Å². The van der Waals surface area contributed by atoms with E-state index in [1.807, 2.05) is 25.1 Å². The van der Waals surface area contributed by atoms with Crippen LogP contribution in [-0.2, 0) is 16.0 Å². The summed E-state index contributed by atoms with van der Waals surface area (Å²) < 4.78 is 5.31. The summed E-state index contributed by atoms with van der Waals surface area (Å²) in [5.74, 6) is -0.0797. The molecule has 1 heterocycles. The fraction of sp³-hybridized carbons (Fsp3) is 0.533. The molecule has 0 aliphatic carbocycles. The number of amides is 1. The molecule has 3 N–H and O–H groups in total. The first-order valence-electron chi connectivity index (χ1n) is 6.78. The number of nitrogens with one attached hydrogen (secondary N) is 1. The summed E-state index contributed by atoms with van der Waals surface area (Å²) in [6, 6.07) is 9.62. The van der Waals surface area contributed by atoms with Gasteiger partial charge < -0.3 is 15.8 Å². The van der Waals surface area contributed by atoms with Crippen molar-refractivity contribution in [1.29, 1.82) is 0 Å². The third-order valence-corrected chi connectivity index (χ3v) is 3.57. The lowest BCUT2D eigenvalue weighted by Crippen LogP contribution is -2.52. The summed E-state index contributed by atoms with van der Waals surface area (Å²) in [7, 11) is 0. The van der Waals surface area contributed by atoms with Crippen LogP contribution in [0.2, 0.25) is 0 Å². The maximum atomic E-state index is 12.0. The zero-order valence-corrected chi connectivity index (χ0v) is 11.4. The molecule has 1 fully saturated rings. The van der Waals surface area contributed by atoms with Crippen LogP contribution in [0.5, 0.6) is 0 Å². The van der Waals surface area contributed by atoms with E-state index in [1.54, 1.807) is 0 Å². The predicted octanol–water partition coefficient (Wildman–Crippen LogP) is 1.24. The van der Waals surface area contributed by atoms with Crippen molar-refractivity contribution in [2.75, 3.05) is 13.2 Å². The Labute approximate surface area is 114 Å². The van der Waals surface area contributed by atoms with Gasteiger partial charge in [0.1, 0.15) is 0 Å². The van der Waals surface area contributed by atoms with E-state index in [9.17, 15) is 4.79 Å². The van der Waals surface area contributed by atoms with Gasteiger partial charge >= 0.3 is 0 Å². The summed E-state index contributed by atoms with van der Waals surface area (Å²) in [4.78, 5) is 12.0. The zero-order chi connectivity index (χ0) is 13.7. The molecule has 0 aromatic heterocycles. The molecular formula is C15H22N2O2. The molecule has 1 aliphatic heterocycles. The Balaban J connectivity index is 1.79. The van der Waals surface area contributed by atoms with Crippen LogP contribution >= 0.6 is 0 Å². The summed E-state index contributed by atoms with van der Waals surface area (Å²) in [6.45, 7) is 3.28. The van der Waals surface area contributed by atoms with E-state index < -0.39 is 6.04 Å². The molecule has 4 heteroatoms. The molecule has 0 spiro atoms. The molecule has 4 nitrogen and oxygen atoms in total. The highest BCUT2D eigenvalue weighted by molar-refractivity contribution is 5.82. The van der Waals surface area contributed by atoms with E-state index in [0.29, 0.717) is 19.6 Å². The number of nitrogens with two attached hydrogens (primary N) is 1. The number of carbonyl (C=O) groups is 1. The summed E-state index contributed by atoms with van der Waals surface area (Å²) >= 11 is 0. The summed E-state index contributed by atoms with van der Waals surface area (Å²) in [5, 5.41) is 3.00. The molecule has 1 aromatic rings. The molecule has 0 saturated carbocycles. The molecular weight excluding hydrogens is 240 g/mol. The van der Waals surface area contributed by atoms with Crippen LogP contribution in [0.25, 0.3) is 0 Å². The SMILES string of the molecule is CC1(NC(=O)C(N)CCc2ccccc2)CCOC1. The highest BCUT2D eigenvalue weighted by Crippen LogP contribution is 2.17. The van der Waals surface area contributed by atoms with Gasteiger partial charge in [-0.15, -0.1) is 0 Å². The minimum Gasteiger partial charge on any atom is -0.379 e. The second-order valence-corrected chi connectivity index (χ2v) is 5.48. The third kappa shape index (κ3) is 4.04. The number of hydrogen-bond donors (Lipinski definition) is 2. The molecule has 1 aliphatic rings. The van der Waals surface area contributed by atoms with Crippen LogP contribution in [0, 0.1) is 0 Å². The number of benzene rings is 1. The Morgan fingerprint density at radius 1 is 1.47 bits per heavy atom. The lowest BCUT2D eigenvalue weighted by molar-refractivity contribution is -0.124. The Bertz CT molecular complexity index is 413. The Morgan fingerprint density at radius 3 is 2.84 bits per heavy atom. The van der Waals surface area contributed by atoms with Crippen molar-refractivity contribution in [3.63, 3.8) is 0 Å². The molecule has 2 atom stereocenters. The van der Waals surface area contributed by atoms with Crippen LogP contribution in [0.4, 0.5) is 0 Å². The predicted molar refractivity (Wildman–Crippen MR) is 74.7 cm³/mol. The lowest BCUT2D eigenvalue weighted by Gasteiger charge is -2.25. The Morgan fingerprint density at radius 2 is 2.21 bits per heavy atom. The van der Waals surface area contributed by atoms with Gasteiger partial charge in [0.05, 0.1) is 18.2 Å². The fourth-order valence-corrected chi connectivity index (χ4v) is 2.25. The smallest absolute Gasteiger partial charge is 0.237 e. The van der Waals surface area contributed by atoms with Crippen LogP contribution in [0.15, 0.2) is 30.3 Å². The first kappa shape index (κ1) is 14.0. The van der Waals surface area contributed by atoms with Gasteiger partial charge in [0, 0.05) is 6.61 Å². The molecule has 1 aromatic carbocycles. The van der Waals surface area contributed by atoms with E-state index in [0.717, 1.165) is 12.8 Å². The van der Waals surface area contributed by atoms with Crippen LogP contribution in [0.1, 0.15) is 25.3 Å². The zero-order valence-electron chi connectivity index (χ0n) is 11.4. The number of hydrogen-bond acceptors (Lipinski definition) is 3. The van der Waals surface area contributed by atoms with Gasteiger partial charge in [0.2, 0.25) is 5.91 Å². The molecule has 1 amide bonds. The van der Waals surface area contributed by atoms with Gasteiger partial charge in [-0.25, -0.2) is 0 Å². The Hall–Kier alpha value is -1.39. The maximum absolute atomic E-state index is 12.0.